The molecule has 21 heavy (non-hydrogen) atoms. The lowest BCUT2D eigenvalue weighted by molar-refractivity contribution is 0.0634. The molecule has 0 saturated heterocycles. The number of hydrogen-bond donors (Lipinski definition) is 1. The van der Waals surface area contributed by atoms with Crippen LogP contribution in [0.25, 0.3) is 0 Å². The van der Waals surface area contributed by atoms with Crippen LogP contribution in [0, 0.1) is 11.3 Å². The summed E-state index contributed by atoms with van der Waals surface area (Å²) in [5.41, 5.74) is 0.637. The van der Waals surface area contributed by atoms with Crippen molar-refractivity contribution in [1.29, 1.82) is 5.26 Å². The van der Waals surface area contributed by atoms with Crippen LogP contribution in [0.4, 0.5) is 0 Å². The number of benzene rings is 1. The summed E-state index contributed by atoms with van der Waals surface area (Å²) in [7, 11) is 0. The molecule has 1 aliphatic rings. The van der Waals surface area contributed by atoms with Crippen LogP contribution < -0.4 is 0 Å². The second-order valence-electron chi connectivity index (χ2n) is 5.10. The second-order valence-corrected chi connectivity index (χ2v) is 6.12. The Morgan fingerprint density at radius 1 is 1.38 bits per heavy atom. The van der Waals surface area contributed by atoms with Gasteiger partial charge in [-0.1, -0.05) is 25.0 Å². The number of thioether (sulfide) groups is 1. The van der Waals surface area contributed by atoms with Gasteiger partial charge in [-0.15, -0.1) is 11.8 Å². The molecular weight excluding hydrogens is 284 g/mol. The third-order valence-electron chi connectivity index (χ3n) is 3.78. The molecule has 112 valence electrons. The molecule has 4 nitrogen and oxygen atoms in total. The number of hydrogen-bond acceptors (Lipinski definition) is 4. The maximum absolute atomic E-state index is 12.8. The smallest absolute Gasteiger partial charge is 0.255 e. The van der Waals surface area contributed by atoms with Crippen molar-refractivity contribution in [3.63, 3.8) is 0 Å². The fourth-order valence-electron chi connectivity index (χ4n) is 2.81. The highest BCUT2D eigenvalue weighted by molar-refractivity contribution is 7.99. The van der Waals surface area contributed by atoms with E-state index in [1.165, 1.54) is 11.8 Å². The molecule has 1 fully saturated rings. The van der Waals surface area contributed by atoms with Crippen LogP contribution in [-0.2, 0) is 0 Å². The van der Waals surface area contributed by atoms with Crippen LogP contribution in [0.2, 0.25) is 0 Å². The molecule has 1 saturated carbocycles. The molecule has 0 heterocycles. The van der Waals surface area contributed by atoms with Crippen molar-refractivity contribution in [3.8, 4) is 6.07 Å². The van der Waals surface area contributed by atoms with Crippen molar-refractivity contribution in [1.82, 2.24) is 4.90 Å². The van der Waals surface area contributed by atoms with Crippen molar-refractivity contribution in [3.05, 3.63) is 29.8 Å². The van der Waals surface area contributed by atoms with Crippen LogP contribution in [0.5, 0.6) is 0 Å². The number of aliphatic hydroxyl groups excluding tert-OH is 1. The topological polar surface area (TPSA) is 64.3 Å². The summed E-state index contributed by atoms with van der Waals surface area (Å²) in [4.78, 5) is 15.5. The van der Waals surface area contributed by atoms with Crippen molar-refractivity contribution in [2.45, 2.75) is 36.6 Å². The normalized spacial score (nSPS) is 14.9. The summed E-state index contributed by atoms with van der Waals surface area (Å²) in [6.45, 7) is 0.358. The molecule has 1 aromatic carbocycles. The van der Waals surface area contributed by atoms with Crippen molar-refractivity contribution >= 4 is 17.7 Å². The summed E-state index contributed by atoms with van der Waals surface area (Å²) in [5.74, 6) is 0.297. The number of nitriles is 1. The Labute approximate surface area is 129 Å². The van der Waals surface area contributed by atoms with E-state index < -0.39 is 0 Å². The van der Waals surface area contributed by atoms with Crippen molar-refractivity contribution in [2.24, 2.45) is 0 Å². The minimum Gasteiger partial charge on any atom is -0.395 e. The molecule has 1 N–H and O–H groups in total. The van der Waals surface area contributed by atoms with Gasteiger partial charge in [0.1, 0.15) is 0 Å². The van der Waals surface area contributed by atoms with Crippen LogP contribution >= 0.6 is 11.8 Å². The Morgan fingerprint density at radius 3 is 2.76 bits per heavy atom. The number of nitrogens with zero attached hydrogens (tertiary/aromatic N) is 2. The van der Waals surface area contributed by atoms with E-state index in [9.17, 15) is 9.90 Å². The number of rotatable bonds is 6. The molecule has 5 heteroatoms. The van der Waals surface area contributed by atoms with Gasteiger partial charge in [0, 0.05) is 17.5 Å². The average molecular weight is 304 g/mol. The van der Waals surface area contributed by atoms with Crippen LogP contribution in [0.3, 0.4) is 0 Å². The van der Waals surface area contributed by atoms with E-state index in [1.807, 2.05) is 18.2 Å². The summed E-state index contributed by atoms with van der Waals surface area (Å²) >= 11 is 1.38. The first kappa shape index (κ1) is 15.9. The predicted octanol–water partition coefficient (Wildman–Crippen LogP) is 2.68. The highest BCUT2D eigenvalue weighted by Crippen LogP contribution is 2.28. The molecule has 0 aliphatic heterocycles. The van der Waals surface area contributed by atoms with Gasteiger partial charge in [0.25, 0.3) is 5.91 Å². The lowest BCUT2D eigenvalue weighted by atomic mass is 10.1. The van der Waals surface area contributed by atoms with Gasteiger partial charge in [-0.3, -0.25) is 4.79 Å². The summed E-state index contributed by atoms with van der Waals surface area (Å²) < 4.78 is 0. The fraction of sp³-hybridized carbons (Fsp3) is 0.500. The van der Waals surface area contributed by atoms with Gasteiger partial charge in [-0.05, 0) is 25.0 Å². The Hall–Kier alpha value is -1.51. The standard InChI is InChI=1S/C16H20N2O2S/c17-9-12-21-15-8-4-3-7-14(15)16(20)18(10-11-19)13-5-1-2-6-13/h3-4,7-8,13,19H,1-2,5-6,10-12H2. The highest BCUT2D eigenvalue weighted by atomic mass is 32.2. The molecule has 2 rings (SSSR count). The number of aliphatic hydroxyl groups is 1. The number of carbonyl (C=O) groups excluding carboxylic acids is 1. The maximum atomic E-state index is 12.8. The van der Waals surface area contributed by atoms with Gasteiger partial charge in [0.2, 0.25) is 0 Å². The highest BCUT2D eigenvalue weighted by Gasteiger charge is 2.28. The van der Waals surface area contributed by atoms with Crippen LogP contribution in [0.1, 0.15) is 36.0 Å². The predicted molar refractivity (Wildman–Crippen MR) is 83.2 cm³/mol. The third kappa shape index (κ3) is 3.99. The molecule has 0 aromatic heterocycles. The van der Waals surface area contributed by atoms with Crippen molar-refractivity contribution in [2.75, 3.05) is 18.9 Å². The van der Waals surface area contributed by atoms with E-state index in [4.69, 9.17) is 5.26 Å². The van der Waals surface area contributed by atoms with Crippen molar-refractivity contribution < 1.29 is 9.90 Å². The van der Waals surface area contributed by atoms with Gasteiger partial charge in [0.15, 0.2) is 0 Å². The largest absolute Gasteiger partial charge is 0.395 e. The monoisotopic (exact) mass is 304 g/mol. The minimum atomic E-state index is -0.0306. The van der Waals surface area contributed by atoms with E-state index in [0.717, 1.165) is 30.6 Å². The Kier molecular flexibility index (Phi) is 6.09. The summed E-state index contributed by atoms with van der Waals surface area (Å²) in [6.07, 6.45) is 4.31. The second kappa shape index (κ2) is 8.06. The molecule has 0 atom stereocenters. The molecule has 0 bridgehead atoms. The third-order valence-corrected chi connectivity index (χ3v) is 4.72. The zero-order valence-corrected chi connectivity index (χ0v) is 12.8. The SMILES string of the molecule is N#CCSc1ccccc1C(=O)N(CCO)C1CCCC1. The van der Waals surface area contributed by atoms with Gasteiger partial charge in [0.05, 0.1) is 24.0 Å². The van der Waals surface area contributed by atoms with Crippen LogP contribution in [-0.4, -0.2) is 40.9 Å². The van der Waals surface area contributed by atoms with Crippen LogP contribution in [0.15, 0.2) is 29.2 Å². The fourth-order valence-corrected chi connectivity index (χ4v) is 3.51. The molecule has 0 spiro atoms. The number of amides is 1. The molecule has 1 aromatic rings. The quantitative estimate of drug-likeness (QED) is 0.821. The van der Waals surface area contributed by atoms with Gasteiger partial charge in [-0.25, -0.2) is 0 Å². The number of carbonyl (C=O) groups is 1. The zero-order chi connectivity index (χ0) is 15.1. The minimum absolute atomic E-state index is 0.0181. The maximum Gasteiger partial charge on any atom is 0.255 e. The molecule has 1 aliphatic carbocycles. The van der Waals surface area contributed by atoms with E-state index in [1.54, 1.807) is 11.0 Å². The van der Waals surface area contributed by atoms with Gasteiger partial charge < -0.3 is 10.0 Å². The summed E-state index contributed by atoms with van der Waals surface area (Å²) in [5, 5.41) is 18.0. The first-order valence-electron chi connectivity index (χ1n) is 7.28. The summed E-state index contributed by atoms with van der Waals surface area (Å²) in [6, 6.07) is 9.73. The Morgan fingerprint density at radius 2 is 2.10 bits per heavy atom. The Balaban J connectivity index is 2.21. The lowest BCUT2D eigenvalue weighted by Gasteiger charge is -2.29. The van der Waals surface area contributed by atoms with E-state index in [2.05, 4.69) is 6.07 Å². The lowest BCUT2D eigenvalue weighted by Crippen LogP contribution is -2.41. The molecule has 1 amide bonds. The zero-order valence-electron chi connectivity index (χ0n) is 12.0. The molecule has 0 unspecified atom stereocenters. The first-order chi connectivity index (χ1) is 10.3. The van der Waals surface area contributed by atoms with Gasteiger partial charge in [-0.2, -0.15) is 5.26 Å². The van der Waals surface area contributed by atoms with E-state index in [0.29, 0.717) is 17.9 Å². The van der Waals surface area contributed by atoms with Gasteiger partial charge >= 0.3 is 0 Å². The van der Waals surface area contributed by atoms with E-state index >= 15 is 0 Å². The molecular formula is C16H20N2O2S. The molecule has 0 radical (unpaired) electrons. The Bertz CT molecular complexity index is 521. The average Bonchev–Trinajstić information content (AvgIpc) is 3.04. The van der Waals surface area contributed by atoms with E-state index in [-0.39, 0.29) is 18.6 Å². The first-order valence-corrected chi connectivity index (χ1v) is 8.27.